The van der Waals surface area contributed by atoms with Gasteiger partial charge in [0.25, 0.3) is 5.91 Å². The van der Waals surface area contributed by atoms with Crippen LogP contribution in [0.3, 0.4) is 0 Å². The van der Waals surface area contributed by atoms with Crippen LogP contribution in [0.4, 0.5) is 0 Å². The quantitative estimate of drug-likeness (QED) is 0.846. The maximum absolute atomic E-state index is 12.6. The van der Waals surface area contributed by atoms with Crippen LogP contribution in [-0.4, -0.2) is 45.8 Å². The number of aromatic nitrogens is 2. The van der Waals surface area contributed by atoms with E-state index in [1.165, 1.54) is 12.8 Å². The Morgan fingerprint density at radius 1 is 1.16 bits per heavy atom. The first-order valence-electron chi connectivity index (χ1n) is 9.11. The van der Waals surface area contributed by atoms with E-state index in [4.69, 9.17) is 4.98 Å². The Labute approximate surface area is 148 Å². The fourth-order valence-corrected chi connectivity index (χ4v) is 3.83. The summed E-state index contributed by atoms with van der Waals surface area (Å²) in [4.78, 5) is 26.4. The molecular weight excluding hydrogens is 312 g/mol. The van der Waals surface area contributed by atoms with E-state index in [1.807, 2.05) is 41.4 Å². The molecule has 1 amide bonds. The molecule has 5 heteroatoms. The summed E-state index contributed by atoms with van der Waals surface area (Å²) in [6.45, 7) is 2.44. The lowest BCUT2D eigenvalue weighted by Gasteiger charge is -2.33. The lowest BCUT2D eigenvalue weighted by Crippen LogP contribution is -2.37. The Morgan fingerprint density at radius 3 is 2.80 bits per heavy atom. The first kappa shape index (κ1) is 16.2. The molecule has 2 aromatic rings. The number of benzene rings is 1. The minimum absolute atomic E-state index is 0.0855. The van der Waals surface area contributed by atoms with Crippen LogP contribution in [0.2, 0.25) is 0 Å². The average molecular weight is 336 g/mol. The van der Waals surface area contributed by atoms with E-state index >= 15 is 0 Å². The standard InChI is InChI=1S/C20H24N4O/c1-23-11-6-5-9-18(23)19-21-13-16-14-24(12-10-17(16)22-19)20(25)15-7-3-2-4-8-15/h2-4,7-8,13,18H,5-6,9-12,14H2,1H3. The minimum atomic E-state index is 0.0855. The summed E-state index contributed by atoms with van der Waals surface area (Å²) in [5.41, 5.74) is 2.94. The molecule has 0 N–H and O–H groups in total. The van der Waals surface area contributed by atoms with Crippen LogP contribution in [-0.2, 0) is 13.0 Å². The molecule has 130 valence electrons. The second-order valence-electron chi connectivity index (χ2n) is 7.04. The van der Waals surface area contributed by atoms with Gasteiger partial charge in [0.15, 0.2) is 0 Å². The lowest BCUT2D eigenvalue weighted by molar-refractivity contribution is 0.0733. The van der Waals surface area contributed by atoms with Gasteiger partial charge in [-0.15, -0.1) is 0 Å². The van der Waals surface area contributed by atoms with Gasteiger partial charge in [-0.3, -0.25) is 9.69 Å². The number of likely N-dealkylation sites (tertiary alicyclic amines) is 1. The average Bonchev–Trinajstić information content (AvgIpc) is 2.68. The number of hydrogen-bond acceptors (Lipinski definition) is 4. The van der Waals surface area contributed by atoms with Crippen molar-refractivity contribution in [3.05, 3.63) is 59.2 Å². The van der Waals surface area contributed by atoms with Crippen LogP contribution in [0.25, 0.3) is 0 Å². The van der Waals surface area contributed by atoms with Crippen molar-refractivity contribution in [3.8, 4) is 0 Å². The third kappa shape index (κ3) is 3.29. The zero-order valence-electron chi connectivity index (χ0n) is 14.7. The fraction of sp³-hybridized carbons (Fsp3) is 0.450. The SMILES string of the molecule is CN1CCCCC1c1ncc2c(n1)CCN(C(=O)c1ccccc1)C2. The molecule has 1 saturated heterocycles. The number of hydrogen-bond donors (Lipinski definition) is 0. The van der Waals surface area contributed by atoms with Crippen molar-refractivity contribution in [2.45, 2.75) is 38.3 Å². The molecule has 0 saturated carbocycles. The Kier molecular flexibility index (Phi) is 4.49. The van der Waals surface area contributed by atoms with E-state index in [-0.39, 0.29) is 5.91 Å². The number of fused-ring (bicyclic) bond motifs is 1. The molecule has 1 unspecified atom stereocenters. The molecule has 4 rings (SSSR count). The molecule has 1 aromatic heterocycles. The van der Waals surface area contributed by atoms with E-state index in [9.17, 15) is 4.79 Å². The smallest absolute Gasteiger partial charge is 0.254 e. The molecule has 0 bridgehead atoms. The molecule has 1 aromatic carbocycles. The van der Waals surface area contributed by atoms with Crippen LogP contribution < -0.4 is 0 Å². The normalized spacial score (nSPS) is 21.0. The number of rotatable bonds is 2. The highest BCUT2D eigenvalue weighted by atomic mass is 16.2. The number of carbonyl (C=O) groups is 1. The monoisotopic (exact) mass is 336 g/mol. The highest BCUT2D eigenvalue weighted by Crippen LogP contribution is 2.28. The number of carbonyl (C=O) groups excluding carboxylic acids is 1. The Balaban J connectivity index is 1.52. The van der Waals surface area contributed by atoms with E-state index in [0.717, 1.165) is 48.6 Å². The molecule has 0 radical (unpaired) electrons. The predicted octanol–water partition coefficient (Wildman–Crippen LogP) is 2.83. The van der Waals surface area contributed by atoms with Gasteiger partial charge in [0, 0.05) is 36.8 Å². The zero-order chi connectivity index (χ0) is 17.2. The van der Waals surface area contributed by atoms with Gasteiger partial charge in [-0.25, -0.2) is 9.97 Å². The summed E-state index contributed by atoms with van der Waals surface area (Å²) in [5.74, 6) is 1.03. The summed E-state index contributed by atoms with van der Waals surface area (Å²) >= 11 is 0. The van der Waals surface area contributed by atoms with Gasteiger partial charge >= 0.3 is 0 Å². The van der Waals surface area contributed by atoms with Gasteiger partial charge in [-0.05, 0) is 38.6 Å². The summed E-state index contributed by atoms with van der Waals surface area (Å²) < 4.78 is 0. The van der Waals surface area contributed by atoms with Crippen LogP contribution in [0.1, 0.15) is 52.7 Å². The number of nitrogens with zero attached hydrogens (tertiary/aromatic N) is 4. The Hall–Kier alpha value is -2.27. The van der Waals surface area contributed by atoms with Crippen LogP contribution in [0, 0.1) is 0 Å². The molecule has 25 heavy (non-hydrogen) atoms. The molecule has 2 aliphatic rings. The van der Waals surface area contributed by atoms with E-state index < -0.39 is 0 Å². The number of piperidine rings is 1. The molecular formula is C20H24N4O. The summed E-state index contributed by atoms with van der Waals surface area (Å²) in [5, 5.41) is 0. The third-order valence-corrected chi connectivity index (χ3v) is 5.33. The molecule has 0 aliphatic carbocycles. The Bertz CT molecular complexity index is 762. The number of amides is 1. The van der Waals surface area contributed by atoms with Crippen LogP contribution in [0.5, 0.6) is 0 Å². The Morgan fingerprint density at radius 2 is 2.00 bits per heavy atom. The highest BCUT2D eigenvalue weighted by molar-refractivity contribution is 5.94. The van der Waals surface area contributed by atoms with Gasteiger partial charge in [-0.1, -0.05) is 24.6 Å². The highest BCUT2D eigenvalue weighted by Gasteiger charge is 2.27. The van der Waals surface area contributed by atoms with Gasteiger partial charge in [0.2, 0.25) is 0 Å². The maximum Gasteiger partial charge on any atom is 0.254 e. The van der Waals surface area contributed by atoms with Crippen molar-refractivity contribution in [1.29, 1.82) is 0 Å². The van der Waals surface area contributed by atoms with Crippen molar-refractivity contribution >= 4 is 5.91 Å². The largest absolute Gasteiger partial charge is 0.334 e. The summed E-state index contributed by atoms with van der Waals surface area (Å²) in [6.07, 6.45) is 6.38. The van der Waals surface area contributed by atoms with Crippen molar-refractivity contribution < 1.29 is 4.79 Å². The molecule has 1 atom stereocenters. The zero-order valence-corrected chi connectivity index (χ0v) is 14.7. The molecule has 3 heterocycles. The fourth-order valence-electron chi connectivity index (χ4n) is 3.83. The molecule has 0 spiro atoms. The summed E-state index contributed by atoms with van der Waals surface area (Å²) in [7, 11) is 2.16. The van der Waals surface area contributed by atoms with Crippen molar-refractivity contribution in [2.75, 3.05) is 20.1 Å². The van der Waals surface area contributed by atoms with Gasteiger partial charge in [-0.2, -0.15) is 0 Å². The molecule has 1 fully saturated rings. The maximum atomic E-state index is 12.6. The van der Waals surface area contributed by atoms with Gasteiger partial charge in [0.05, 0.1) is 11.7 Å². The minimum Gasteiger partial charge on any atom is -0.334 e. The topological polar surface area (TPSA) is 49.3 Å². The van der Waals surface area contributed by atoms with E-state index in [0.29, 0.717) is 12.6 Å². The molecule has 5 nitrogen and oxygen atoms in total. The van der Waals surface area contributed by atoms with E-state index in [1.54, 1.807) is 0 Å². The second kappa shape index (κ2) is 6.92. The van der Waals surface area contributed by atoms with Gasteiger partial charge < -0.3 is 4.90 Å². The lowest BCUT2D eigenvalue weighted by atomic mass is 10.0. The van der Waals surface area contributed by atoms with Crippen molar-refractivity contribution in [3.63, 3.8) is 0 Å². The van der Waals surface area contributed by atoms with Gasteiger partial charge in [0.1, 0.15) is 5.82 Å². The first-order valence-corrected chi connectivity index (χ1v) is 9.11. The van der Waals surface area contributed by atoms with Crippen LogP contribution in [0.15, 0.2) is 36.5 Å². The second-order valence-corrected chi connectivity index (χ2v) is 7.04. The van der Waals surface area contributed by atoms with Crippen molar-refractivity contribution in [2.24, 2.45) is 0 Å². The third-order valence-electron chi connectivity index (χ3n) is 5.33. The van der Waals surface area contributed by atoms with Crippen molar-refractivity contribution in [1.82, 2.24) is 19.8 Å². The predicted molar refractivity (Wildman–Crippen MR) is 96.1 cm³/mol. The van der Waals surface area contributed by atoms with Crippen LogP contribution >= 0.6 is 0 Å². The van der Waals surface area contributed by atoms with E-state index in [2.05, 4.69) is 16.9 Å². The molecule has 2 aliphatic heterocycles. The first-order chi connectivity index (χ1) is 12.2. The summed E-state index contributed by atoms with van der Waals surface area (Å²) in [6, 6.07) is 9.82.